The van der Waals surface area contributed by atoms with Crippen LogP contribution in [0.25, 0.3) is 0 Å². The molecule has 7 heteroatoms. The van der Waals surface area contributed by atoms with Crippen LogP contribution in [0.15, 0.2) is 0 Å². The second-order valence-electron chi connectivity index (χ2n) is 5.33. The van der Waals surface area contributed by atoms with Gasteiger partial charge in [-0.3, -0.25) is 9.59 Å². The summed E-state index contributed by atoms with van der Waals surface area (Å²) in [5.74, 6) is -1.43. The van der Waals surface area contributed by atoms with Crippen molar-refractivity contribution in [1.29, 1.82) is 0 Å². The summed E-state index contributed by atoms with van der Waals surface area (Å²) in [7, 11) is 0. The fourth-order valence-corrected chi connectivity index (χ4v) is 1.40. The van der Waals surface area contributed by atoms with Crippen LogP contribution in [0.2, 0.25) is 0 Å². The lowest BCUT2D eigenvalue weighted by Crippen LogP contribution is -2.47. The number of carbonyl (C=O) groups excluding carboxylic acids is 2. The molecular formula is C12H23N3O4. The molecular weight excluding hydrogens is 250 g/mol. The van der Waals surface area contributed by atoms with Crippen molar-refractivity contribution < 1.29 is 19.5 Å². The van der Waals surface area contributed by atoms with E-state index in [0.29, 0.717) is 19.4 Å². The molecule has 1 atom stereocenters. The number of aliphatic carboxylic acids is 1. The Kier molecular flexibility index (Phi) is 6.89. The van der Waals surface area contributed by atoms with Crippen molar-refractivity contribution in [2.75, 3.05) is 6.54 Å². The van der Waals surface area contributed by atoms with E-state index >= 15 is 0 Å². The summed E-state index contributed by atoms with van der Waals surface area (Å²) >= 11 is 0. The Morgan fingerprint density at radius 2 is 1.84 bits per heavy atom. The average Bonchev–Trinajstić information content (AvgIpc) is 2.26. The SMILES string of the molecule is CC(NC(=O)NCCC(C)(C)CCC(=O)O)C(N)=O. The molecule has 0 fully saturated rings. The van der Waals surface area contributed by atoms with Crippen molar-refractivity contribution in [3.63, 3.8) is 0 Å². The number of nitrogens with two attached hydrogens (primary N) is 1. The number of carboxylic acid groups (broad SMARTS) is 1. The van der Waals surface area contributed by atoms with Crippen LogP contribution in [0, 0.1) is 5.41 Å². The van der Waals surface area contributed by atoms with Crippen molar-refractivity contribution in [3.8, 4) is 0 Å². The Labute approximate surface area is 112 Å². The second kappa shape index (κ2) is 7.60. The normalized spacial score (nSPS) is 12.6. The minimum Gasteiger partial charge on any atom is -0.481 e. The first-order valence-electron chi connectivity index (χ1n) is 6.19. The maximum absolute atomic E-state index is 11.4. The molecule has 0 spiro atoms. The summed E-state index contributed by atoms with van der Waals surface area (Å²) in [6.07, 6.45) is 1.31. The molecule has 0 aliphatic rings. The van der Waals surface area contributed by atoms with E-state index < -0.39 is 23.9 Å². The van der Waals surface area contributed by atoms with Gasteiger partial charge in [0, 0.05) is 13.0 Å². The number of hydrogen-bond donors (Lipinski definition) is 4. The largest absolute Gasteiger partial charge is 0.481 e. The van der Waals surface area contributed by atoms with Crippen LogP contribution in [-0.2, 0) is 9.59 Å². The van der Waals surface area contributed by atoms with Gasteiger partial charge >= 0.3 is 12.0 Å². The number of carboxylic acids is 1. The zero-order valence-electron chi connectivity index (χ0n) is 11.7. The van der Waals surface area contributed by atoms with Gasteiger partial charge in [0.05, 0.1) is 0 Å². The summed E-state index contributed by atoms with van der Waals surface area (Å²) in [4.78, 5) is 32.6. The Balaban J connectivity index is 3.91. The third kappa shape index (κ3) is 8.87. The first kappa shape index (κ1) is 17.2. The predicted molar refractivity (Wildman–Crippen MR) is 70.5 cm³/mol. The molecule has 110 valence electrons. The molecule has 0 rings (SSSR count). The van der Waals surface area contributed by atoms with Gasteiger partial charge in [-0.1, -0.05) is 13.8 Å². The molecule has 0 aromatic carbocycles. The molecule has 0 saturated carbocycles. The topological polar surface area (TPSA) is 122 Å². The van der Waals surface area contributed by atoms with E-state index in [4.69, 9.17) is 10.8 Å². The van der Waals surface area contributed by atoms with Crippen LogP contribution in [0.5, 0.6) is 0 Å². The molecule has 0 aromatic rings. The van der Waals surface area contributed by atoms with Gasteiger partial charge in [0.2, 0.25) is 5.91 Å². The molecule has 7 nitrogen and oxygen atoms in total. The van der Waals surface area contributed by atoms with Gasteiger partial charge in [0.25, 0.3) is 0 Å². The first-order valence-corrected chi connectivity index (χ1v) is 6.19. The van der Waals surface area contributed by atoms with E-state index in [9.17, 15) is 14.4 Å². The third-order valence-corrected chi connectivity index (χ3v) is 2.88. The van der Waals surface area contributed by atoms with E-state index in [2.05, 4.69) is 10.6 Å². The van der Waals surface area contributed by atoms with Gasteiger partial charge in [-0.05, 0) is 25.2 Å². The van der Waals surface area contributed by atoms with Gasteiger partial charge in [-0.2, -0.15) is 0 Å². The highest BCUT2D eigenvalue weighted by Gasteiger charge is 2.19. The van der Waals surface area contributed by atoms with Gasteiger partial charge in [0.1, 0.15) is 6.04 Å². The number of carbonyl (C=O) groups is 3. The lowest BCUT2D eigenvalue weighted by Gasteiger charge is -2.24. The van der Waals surface area contributed by atoms with Crippen LogP contribution in [0.1, 0.15) is 40.0 Å². The van der Waals surface area contributed by atoms with E-state index in [-0.39, 0.29) is 11.8 Å². The number of urea groups is 1. The zero-order chi connectivity index (χ0) is 15.1. The minimum atomic E-state index is -0.825. The molecule has 5 N–H and O–H groups in total. The standard InChI is InChI=1S/C12H23N3O4/c1-8(10(13)18)15-11(19)14-7-6-12(2,3)5-4-9(16)17/h8H,4-7H2,1-3H3,(H2,13,18)(H,16,17)(H2,14,15,19). The molecule has 0 saturated heterocycles. The fraction of sp³-hybridized carbons (Fsp3) is 0.750. The number of rotatable bonds is 8. The van der Waals surface area contributed by atoms with Gasteiger partial charge in [-0.25, -0.2) is 4.79 Å². The molecule has 19 heavy (non-hydrogen) atoms. The summed E-state index contributed by atoms with van der Waals surface area (Å²) in [6, 6.07) is -1.18. The van der Waals surface area contributed by atoms with Crippen LogP contribution in [0.3, 0.4) is 0 Å². The second-order valence-corrected chi connectivity index (χ2v) is 5.33. The Morgan fingerprint density at radius 1 is 1.26 bits per heavy atom. The van der Waals surface area contributed by atoms with Crippen LogP contribution >= 0.6 is 0 Å². The van der Waals surface area contributed by atoms with Crippen LogP contribution in [-0.4, -0.2) is 35.6 Å². The molecule has 0 heterocycles. The van der Waals surface area contributed by atoms with Gasteiger partial charge < -0.3 is 21.5 Å². The maximum Gasteiger partial charge on any atom is 0.315 e. The third-order valence-electron chi connectivity index (χ3n) is 2.88. The lowest BCUT2D eigenvalue weighted by molar-refractivity contribution is -0.137. The van der Waals surface area contributed by atoms with E-state index in [1.165, 1.54) is 6.92 Å². The number of nitrogens with one attached hydrogen (secondary N) is 2. The number of hydrogen-bond acceptors (Lipinski definition) is 3. The Hall–Kier alpha value is -1.79. The van der Waals surface area contributed by atoms with Crippen LogP contribution < -0.4 is 16.4 Å². The molecule has 0 radical (unpaired) electrons. The molecule has 0 bridgehead atoms. The number of primary amides is 1. The minimum absolute atomic E-state index is 0.109. The quantitative estimate of drug-likeness (QED) is 0.512. The summed E-state index contributed by atoms with van der Waals surface area (Å²) < 4.78 is 0. The molecule has 3 amide bonds. The highest BCUT2D eigenvalue weighted by Crippen LogP contribution is 2.25. The summed E-state index contributed by atoms with van der Waals surface area (Å²) in [5.41, 5.74) is 4.85. The zero-order valence-corrected chi connectivity index (χ0v) is 11.7. The Morgan fingerprint density at radius 3 is 2.32 bits per heavy atom. The first-order chi connectivity index (χ1) is 8.64. The van der Waals surface area contributed by atoms with E-state index in [1.54, 1.807) is 0 Å². The fourth-order valence-electron chi connectivity index (χ4n) is 1.40. The molecule has 0 aromatic heterocycles. The smallest absolute Gasteiger partial charge is 0.315 e. The van der Waals surface area contributed by atoms with Crippen molar-refractivity contribution in [3.05, 3.63) is 0 Å². The predicted octanol–water partition coefficient (Wildman–Crippen LogP) is 0.441. The molecule has 1 unspecified atom stereocenters. The van der Waals surface area contributed by atoms with Crippen molar-refractivity contribution in [1.82, 2.24) is 10.6 Å². The van der Waals surface area contributed by atoms with Gasteiger partial charge in [-0.15, -0.1) is 0 Å². The van der Waals surface area contributed by atoms with E-state index in [0.717, 1.165) is 0 Å². The average molecular weight is 273 g/mol. The van der Waals surface area contributed by atoms with Crippen molar-refractivity contribution in [2.45, 2.75) is 46.1 Å². The number of amides is 3. The summed E-state index contributed by atoms with van der Waals surface area (Å²) in [5, 5.41) is 13.6. The highest BCUT2D eigenvalue weighted by molar-refractivity contribution is 5.85. The maximum atomic E-state index is 11.4. The lowest BCUT2D eigenvalue weighted by atomic mass is 9.84. The highest BCUT2D eigenvalue weighted by atomic mass is 16.4. The molecule has 0 aliphatic carbocycles. The van der Waals surface area contributed by atoms with Crippen molar-refractivity contribution >= 4 is 17.9 Å². The monoisotopic (exact) mass is 273 g/mol. The molecule has 0 aliphatic heterocycles. The van der Waals surface area contributed by atoms with Crippen molar-refractivity contribution in [2.24, 2.45) is 11.1 Å². The summed E-state index contributed by atoms with van der Waals surface area (Å²) in [6.45, 7) is 5.80. The Bertz CT molecular complexity index is 342. The van der Waals surface area contributed by atoms with Gasteiger partial charge in [0.15, 0.2) is 0 Å². The van der Waals surface area contributed by atoms with Crippen LogP contribution in [0.4, 0.5) is 4.79 Å². The van der Waals surface area contributed by atoms with E-state index in [1.807, 2.05) is 13.8 Å².